The maximum Gasteiger partial charge on any atom is 0.175 e. The highest BCUT2D eigenvalue weighted by atomic mass is 32.1. The second-order valence-electron chi connectivity index (χ2n) is 6.27. The van der Waals surface area contributed by atoms with Gasteiger partial charge in [0.1, 0.15) is 0 Å². The molecule has 0 saturated carbocycles. The third-order valence-corrected chi connectivity index (χ3v) is 4.34. The molecule has 128 valence electrons. The van der Waals surface area contributed by atoms with E-state index < -0.39 is 0 Å². The standard InChI is InChI=1S/C20H27N3S/c1-6-23(14(2)3)18-12-10-17(11-13-18)21-20(24)22-19-15(4)8-7-9-16(19)5/h7-14H,6H2,1-5H3,(H2,21,22,24). The van der Waals surface area contributed by atoms with Crippen molar-refractivity contribution in [2.24, 2.45) is 0 Å². The highest BCUT2D eigenvalue weighted by Gasteiger charge is 2.08. The zero-order valence-corrected chi connectivity index (χ0v) is 16.0. The molecular formula is C20H27N3S. The predicted molar refractivity (Wildman–Crippen MR) is 110 cm³/mol. The summed E-state index contributed by atoms with van der Waals surface area (Å²) >= 11 is 5.45. The fourth-order valence-corrected chi connectivity index (χ4v) is 3.09. The van der Waals surface area contributed by atoms with E-state index in [1.165, 1.54) is 16.8 Å². The summed E-state index contributed by atoms with van der Waals surface area (Å²) in [7, 11) is 0. The van der Waals surface area contributed by atoms with E-state index in [4.69, 9.17) is 12.2 Å². The van der Waals surface area contributed by atoms with Crippen LogP contribution in [0.15, 0.2) is 42.5 Å². The number of para-hydroxylation sites is 1. The van der Waals surface area contributed by atoms with E-state index >= 15 is 0 Å². The molecule has 0 heterocycles. The van der Waals surface area contributed by atoms with Crippen LogP contribution < -0.4 is 15.5 Å². The van der Waals surface area contributed by atoms with E-state index in [1.54, 1.807) is 0 Å². The van der Waals surface area contributed by atoms with E-state index in [0.29, 0.717) is 11.2 Å². The molecule has 0 atom stereocenters. The third kappa shape index (κ3) is 4.48. The number of thiocarbonyl (C=S) groups is 1. The van der Waals surface area contributed by atoms with Crippen LogP contribution in [0.3, 0.4) is 0 Å². The average Bonchev–Trinajstić information content (AvgIpc) is 2.53. The molecule has 0 bridgehead atoms. The Morgan fingerprint density at radius 2 is 1.58 bits per heavy atom. The first-order valence-corrected chi connectivity index (χ1v) is 8.84. The highest BCUT2D eigenvalue weighted by molar-refractivity contribution is 7.80. The van der Waals surface area contributed by atoms with Crippen LogP contribution in [0.1, 0.15) is 31.9 Å². The van der Waals surface area contributed by atoms with Gasteiger partial charge < -0.3 is 15.5 Å². The first-order chi connectivity index (χ1) is 11.4. The Hall–Kier alpha value is -2.07. The first kappa shape index (κ1) is 18.3. The zero-order chi connectivity index (χ0) is 17.7. The molecule has 0 unspecified atom stereocenters. The highest BCUT2D eigenvalue weighted by Crippen LogP contribution is 2.22. The van der Waals surface area contributed by atoms with Crippen LogP contribution in [0.25, 0.3) is 0 Å². The molecule has 2 N–H and O–H groups in total. The Morgan fingerprint density at radius 1 is 1.00 bits per heavy atom. The second-order valence-corrected chi connectivity index (χ2v) is 6.68. The van der Waals surface area contributed by atoms with Crippen molar-refractivity contribution in [3.8, 4) is 0 Å². The molecule has 0 amide bonds. The predicted octanol–water partition coefficient (Wildman–Crippen LogP) is 5.35. The molecule has 0 fully saturated rings. The molecule has 4 heteroatoms. The summed E-state index contributed by atoms with van der Waals surface area (Å²) in [5.41, 5.74) is 5.66. The first-order valence-electron chi connectivity index (χ1n) is 8.43. The number of nitrogens with zero attached hydrogens (tertiary/aromatic N) is 1. The van der Waals surface area contributed by atoms with E-state index in [1.807, 2.05) is 0 Å². The van der Waals surface area contributed by atoms with Gasteiger partial charge in [-0.15, -0.1) is 0 Å². The lowest BCUT2D eigenvalue weighted by Gasteiger charge is -2.27. The number of anilines is 3. The van der Waals surface area contributed by atoms with E-state index in [0.717, 1.165) is 17.9 Å². The summed E-state index contributed by atoms with van der Waals surface area (Å²) in [5, 5.41) is 7.17. The Bertz CT molecular complexity index is 672. The summed E-state index contributed by atoms with van der Waals surface area (Å²) in [5.74, 6) is 0. The van der Waals surface area contributed by atoms with Gasteiger partial charge in [-0.3, -0.25) is 0 Å². The number of benzene rings is 2. The molecule has 0 aliphatic rings. The summed E-state index contributed by atoms with van der Waals surface area (Å²) < 4.78 is 0. The van der Waals surface area contributed by atoms with E-state index in [2.05, 4.69) is 92.6 Å². The number of nitrogens with one attached hydrogen (secondary N) is 2. The van der Waals surface area contributed by atoms with Gasteiger partial charge in [-0.05, 0) is 82.2 Å². The van der Waals surface area contributed by atoms with Crippen molar-refractivity contribution in [2.75, 3.05) is 22.1 Å². The Kier molecular flexibility index (Phi) is 6.21. The lowest BCUT2D eigenvalue weighted by Crippen LogP contribution is -2.30. The van der Waals surface area contributed by atoms with Crippen LogP contribution in [0.2, 0.25) is 0 Å². The van der Waals surface area contributed by atoms with Crippen molar-refractivity contribution in [3.05, 3.63) is 53.6 Å². The number of hydrogen-bond donors (Lipinski definition) is 2. The van der Waals surface area contributed by atoms with Gasteiger partial charge >= 0.3 is 0 Å². The SMILES string of the molecule is CCN(c1ccc(NC(=S)Nc2c(C)cccc2C)cc1)C(C)C. The van der Waals surface area contributed by atoms with E-state index in [9.17, 15) is 0 Å². The van der Waals surface area contributed by atoms with Gasteiger partial charge in [0.25, 0.3) is 0 Å². The third-order valence-electron chi connectivity index (χ3n) is 4.14. The topological polar surface area (TPSA) is 27.3 Å². The molecule has 0 saturated heterocycles. The minimum Gasteiger partial charge on any atom is -0.369 e. The monoisotopic (exact) mass is 341 g/mol. The van der Waals surface area contributed by atoms with Gasteiger partial charge in [0.05, 0.1) is 0 Å². The molecule has 0 spiro atoms. The Labute approximate surface area is 151 Å². The Balaban J connectivity index is 2.04. The molecule has 0 aliphatic carbocycles. The lowest BCUT2D eigenvalue weighted by atomic mass is 10.1. The van der Waals surface area contributed by atoms with Crippen LogP contribution in [0.5, 0.6) is 0 Å². The van der Waals surface area contributed by atoms with E-state index in [-0.39, 0.29) is 0 Å². The maximum absolute atomic E-state index is 5.45. The van der Waals surface area contributed by atoms with Crippen molar-refractivity contribution in [1.82, 2.24) is 0 Å². The van der Waals surface area contributed by atoms with Crippen molar-refractivity contribution in [3.63, 3.8) is 0 Å². The molecule has 0 aromatic heterocycles. The van der Waals surface area contributed by atoms with Crippen LogP contribution in [0, 0.1) is 13.8 Å². The average molecular weight is 342 g/mol. The fraction of sp³-hybridized carbons (Fsp3) is 0.350. The fourth-order valence-electron chi connectivity index (χ4n) is 2.87. The van der Waals surface area contributed by atoms with Crippen molar-refractivity contribution >= 4 is 34.4 Å². The molecule has 2 aromatic carbocycles. The van der Waals surface area contributed by atoms with Gasteiger partial charge in [0.15, 0.2) is 5.11 Å². The molecule has 0 aliphatic heterocycles. The zero-order valence-electron chi connectivity index (χ0n) is 15.2. The molecule has 24 heavy (non-hydrogen) atoms. The minimum atomic E-state index is 0.487. The van der Waals surface area contributed by atoms with Gasteiger partial charge in [-0.2, -0.15) is 0 Å². The summed E-state index contributed by atoms with van der Waals surface area (Å²) in [6.45, 7) is 11.8. The number of hydrogen-bond acceptors (Lipinski definition) is 2. The minimum absolute atomic E-state index is 0.487. The maximum atomic E-state index is 5.45. The largest absolute Gasteiger partial charge is 0.369 e. The summed E-state index contributed by atoms with van der Waals surface area (Å²) in [4.78, 5) is 2.36. The second kappa shape index (κ2) is 8.15. The van der Waals surface area contributed by atoms with Gasteiger partial charge in [0.2, 0.25) is 0 Å². The van der Waals surface area contributed by atoms with Gasteiger partial charge in [-0.1, -0.05) is 18.2 Å². The van der Waals surface area contributed by atoms with Crippen molar-refractivity contribution < 1.29 is 0 Å². The van der Waals surface area contributed by atoms with Crippen molar-refractivity contribution in [1.29, 1.82) is 0 Å². The van der Waals surface area contributed by atoms with Crippen LogP contribution in [-0.4, -0.2) is 17.7 Å². The quantitative estimate of drug-likeness (QED) is 0.717. The molecule has 2 aromatic rings. The van der Waals surface area contributed by atoms with Crippen LogP contribution >= 0.6 is 12.2 Å². The van der Waals surface area contributed by atoms with Gasteiger partial charge in [0, 0.05) is 29.6 Å². The molecule has 2 rings (SSSR count). The molecular weight excluding hydrogens is 314 g/mol. The van der Waals surface area contributed by atoms with Crippen LogP contribution in [-0.2, 0) is 0 Å². The van der Waals surface area contributed by atoms with Crippen molar-refractivity contribution in [2.45, 2.75) is 40.7 Å². The Morgan fingerprint density at radius 3 is 2.08 bits per heavy atom. The number of aryl methyl sites for hydroxylation is 2. The van der Waals surface area contributed by atoms with Crippen LogP contribution in [0.4, 0.5) is 17.1 Å². The van der Waals surface area contributed by atoms with Gasteiger partial charge in [-0.25, -0.2) is 0 Å². The number of rotatable bonds is 5. The lowest BCUT2D eigenvalue weighted by molar-refractivity contribution is 0.704. The smallest absolute Gasteiger partial charge is 0.175 e. The summed E-state index contributed by atoms with van der Waals surface area (Å²) in [6.07, 6.45) is 0. The molecule has 0 radical (unpaired) electrons. The normalized spacial score (nSPS) is 10.6. The molecule has 3 nitrogen and oxygen atoms in total. The summed E-state index contributed by atoms with van der Waals surface area (Å²) in [6, 6.07) is 15.1.